The zero-order chi connectivity index (χ0) is 14.1. The molecule has 0 aliphatic carbocycles. The standard InChI is InChI=1S/C10H18N2O5S/c1-18-5-4-7(10(16)17)12-8(13)3-2-6(11)9(14)15/h6-7H,2-5,11H2,1H3,(H,12,13)(H,14,15)(H,16,17)/t6-,7?/m0/s1. The van der Waals surface area contributed by atoms with Gasteiger partial charge >= 0.3 is 11.9 Å². The van der Waals surface area contributed by atoms with Crippen LogP contribution in [0.4, 0.5) is 0 Å². The van der Waals surface area contributed by atoms with Crippen molar-refractivity contribution < 1.29 is 24.6 Å². The number of thioether (sulfide) groups is 1. The van der Waals surface area contributed by atoms with Crippen LogP contribution < -0.4 is 11.1 Å². The van der Waals surface area contributed by atoms with Crippen LogP contribution in [0, 0.1) is 0 Å². The van der Waals surface area contributed by atoms with E-state index in [4.69, 9.17) is 15.9 Å². The molecule has 0 spiro atoms. The Labute approximate surface area is 109 Å². The average Bonchev–Trinajstić information content (AvgIpc) is 2.30. The number of carbonyl (C=O) groups is 3. The highest BCUT2D eigenvalue weighted by Crippen LogP contribution is 2.02. The van der Waals surface area contributed by atoms with Gasteiger partial charge in [0, 0.05) is 6.42 Å². The van der Waals surface area contributed by atoms with Crippen LogP contribution in [-0.2, 0) is 14.4 Å². The zero-order valence-electron chi connectivity index (χ0n) is 10.1. The molecule has 8 heteroatoms. The van der Waals surface area contributed by atoms with Gasteiger partial charge in [-0.05, 0) is 24.9 Å². The van der Waals surface area contributed by atoms with E-state index in [2.05, 4.69) is 5.32 Å². The van der Waals surface area contributed by atoms with Crippen LogP contribution in [0.15, 0.2) is 0 Å². The Hall–Kier alpha value is -1.28. The maximum Gasteiger partial charge on any atom is 0.326 e. The predicted molar refractivity (Wildman–Crippen MR) is 67.4 cm³/mol. The van der Waals surface area contributed by atoms with Crippen molar-refractivity contribution in [1.82, 2.24) is 5.32 Å². The van der Waals surface area contributed by atoms with Gasteiger partial charge in [0.1, 0.15) is 12.1 Å². The molecule has 2 atom stereocenters. The molecule has 0 aromatic rings. The molecule has 0 fully saturated rings. The van der Waals surface area contributed by atoms with E-state index in [0.717, 1.165) is 0 Å². The van der Waals surface area contributed by atoms with E-state index >= 15 is 0 Å². The van der Waals surface area contributed by atoms with Crippen molar-refractivity contribution in [2.24, 2.45) is 5.73 Å². The minimum absolute atomic E-state index is 0.0178. The molecule has 0 aliphatic heterocycles. The van der Waals surface area contributed by atoms with Gasteiger partial charge in [0.15, 0.2) is 0 Å². The van der Waals surface area contributed by atoms with Gasteiger partial charge in [-0.1, -0.05) is 0 Å². The van der Waals surface area contributed by atoms with E-state index in [1.807, 2.05) is 6.26 Å². The fraction of sp³-hybridized carbons (Fsp3) is 0.700. The molecular formula is C10H18N2O5S. The molecule has 0 aromatic heterocycles. The first-order valence-corrected chi connectivity index (χ1v) is 6.77. The first-order valence-electron chi connectivity index (χ1n) is 5.38. The molecule has 0 saturated carbocycles. The molecule has 1 unspecified atom stereocenters. The van der Waals surface area contributed by atoms with Crippen LogP contribution in [0.3, 0.4) is 0 Å². The Morgan fingerprint density at radius 1 is 1.22 bits per heavy atom. The van der Waals surface area contributed by atoms with E-state index in [1.54, 1.807) is 0 Å². The van der Waals surface area contributed by atoms with Gasteiger partial charge in [0.25, 0.3) is 0 Å². The fourth-order valence-corrected chi connectivity index (χ4v) is 1.64. The van der Waals surface area contributed by atoms with Crippen LogP contribution in [0.1, 0.15) is 19.3 Å². The van der Waals surface area contributed by atoms with Gasteiger partial charge in [-0.2, -0.15) is 11.8 Å². The largest absolute Gasteiger partial charge is 0.480 e. The normalized spacial score (nSPS) is 13.7. The van der Waals surface area contributed by atoms with Gasteiger partial charge in [0.05, 0.1) is 0 Å². The third-order valence-corrected chi connectivity index (χ3v) is 2.89. The second-order valence-electron chi connectivity index (χ2n) is 3.72. The molecule has 0 radical (unpaired) electrons. The number of nitrogens with one attached hydrogen (secondary N) is 1. The first kappa shape index (κ1) is 16.7. The third kappa shape index (κ3) is 7.13. The third-order valence-electron chi connectivity index (χ3n) is 2.24. The summed E-state index contributed by atoms with van der Waals surface area (Å²) < 4.78 is 0. The Balaban J connectivity index is 4.09. The number of nitrogens with two attached hydrogens (primary N) is 1. The fourth-order valence-electron chi connectivity index (χ4n) is 1.17. The number of carboxylic acid groups (broad SMARTS) is 2. The molecule has 0 saturated heterocycles. The highest BCUT2D eigenvalue weighted by Gasteiger charge is 2.20. The second-order valence-corrected chi connectivity index (χ2v) is 4.71. The summed E-state index contributed by atoms with van der Waals surface area (Å²) in [7, 11) is 0. The Kier molecular flexibility index (Phi) is 8.14. The van der Waals surface area contributed by atoms with Crippen molar-refractivity contribution in [3.05, 3.63) is 0 Å². The van der Waals surface area contributed by atoms with E-state index in [-0.39, 0.29) is 12.8 Å². The summed E-state index contributed by atoms with van der Waals surface area (Å²) in [6.45, 7) is 0. The minimum Gasteiger partial charge on any atom is -0.480 e. The van der Waals surface area contributed by atoms with Gasteiger partial charge in [-0.15, -0.1) is 0 Å². The Bertz CT molecular complexity index is 311. The summed E-state index contributed by atoms with van der Waals surface area (Å²) in [6.07, 6.45) is 2.05. The van der Waals surface area contributed by atoms with Gasteiger partial charge in [-0.3, -0.25) is 9.59 Å². The average molecular weight is 278 g/mol. The summed E-state index contributed by atoms with van der Waals surface area (Å²) in [5, 5.41) is 19.7. The molecule has 0 heterocycles. The van der Waals surface area contributed by atoms with Crippen LogP contribution in [0.2, 0.25) is 0 Å². The lowest BCUT2D eigenvalue weighted by Crippen LogP contribution is -2.42. The molecule has 18 heavy (non-hydrogen) atoms. The molecule has 0 aliphatic rings. The Morgan fingerprint density at radius 3 is 2.28 bits per heavy atom. The lowest BCUT2D eigenvalue weighted by atomic mass is 10.1. The molecule has 7 nitrogen and oxygen atoms in total. The summed E-state index contributed by atoms with van der Waals surface area (Å²) in [4.78, 5) is 32.7. The smallest absolute Gasteiger partial charge is 0.326 e. The first-order chi connectivity index (χ1) is 8.38. The van der Waals surface area contributed by atoms with Crippen molar-refractivity contribution in [2.75, 3.05) is 12.0 Å². The van der Waals surface area contributed by atoms with Crippen LogP contribution >= 0.6 is 11.8 Å². The van der Waals surface area contributed by atoms with Gasteiger partial charge < -0.3 is 21.3 Å². The summed E-state index contributed by atoms with van der Waals surface area (Å²) in [5.41, 5.74) is 5.24. The van der Waals surface area contributed by atoms with Crippen LogP contribution in [0.5, 0.6) is 0 Å². The van der Waals surface area contributed by atoms with Crippen LogP contribution in [0.25, 0.3) is 0 Å². The van der Waals surface area contributed by atoms with E-state index in [1.165, 1.54) is 11.8 Å². The molecule has 0 rings (SSSR count). The topological polar surface area (TPSA) is 130 Å². The van der Waals surface area contributed by atoms with Crippen LogP contribution in [-0.4, -0.2) is 52.2 Å². The lowest BCUT2D eigenvalue weighted by Gasteiger charge is -2.14. The number of aliphatic carboxylic acids is 2. The van der Waals surface area contributed by atoms with Crippen molar-refractivity contribution in [2.45, 2.75) is 31.3 Å². The minimum atomic E-state index is -1.18. The number of rotatable bonds is 9. The maximum absolute atomic E-state index is 11.4. The maximum atomic E-state index is 11.4. The molecular weight excluding hydrogens is 260 g/mol. The van der Waals surface area contributed by atoms with E-state index < -0.39 is 29.9 Å². The second kappa shape index (κ2) is 8.76. The van der Waals surface area contributed by atoms with E-state index in [0.29, 0.717) is 12.2 Å². The highest BCUT2D eigenvalue weighted by molar-refractivity contribution is 7.98. The monoisotopic (exact) mass is 278 g/mol. The Morgan fingerprint density at radius 2 is 1.83 bits per heavy atom. The molecule has 104 valence electrons. The van der Waals surface area contributed by atoms with Crippen molar-refractivity contribution in [1.29, 1.82) is 0 Å². The summed E-state index contributed by atoms with van der Waals surface area (Å²) >= 11 is 1.48. The SMILES string of the molecule is CSCCC(NC(=O)CC[C@H](N)C(=O)O)C(=O)O. The number of amides is 1. The van der Waals surface area contributed by atoms with Crippen molar-refractivity contribution >= 4 is 29.6 Å². The summed E-state index contributed by atoms with van der Waals surface area (Å²) in [5.74, 6) is -2.16. The van der Waals surface area contributed by atoms with Crippen molar-refractivity contribution in [3.8, 4) is 0 Å². The van der Waals surface area contributed by atoms with E-state index in [9.17, 15) is 14.4 Å². The van der Waals surface area contributed by atoms with Crippen molar-refractivity contribution in [3.63, 3.8) is 0 Å². The van der Waals surface area contributed by atoms with Gasteiger partial charge in [-0.25, -0.2) is 4.79 Å². The number of hydrogen-bond acceptors (Lipinski definition) is 5. The number of hydrogen-bond donors (Lipinski definition) is 4. The van der Waals surface area contributed by atoms with Gasteiger partial charge in [0.2, 0.25) is 5.91 Å². The predicted octanol–water partition coefficient (Wildman–Crippen LogP) is -0.499. The molecule has 0 bridgehead atoms. The number of carbonyl (C=O) groups excluding carboxylic acids is 1. The number of carboxylic acids is 2. The quantitative estimate of drug-likeness (QED) is 0.447. The lowest BCUT2D eigenvalue weighted by molar-refractivity contribution is -0.142. The molecule has 1 amide bonds. The summed E-state index contributed by atoms with van der Waals surface area (Å²) in [6, 6.07) is -2.05. The zero-order valence-corrected chi connectivity index (χ0v) is 10.9. The molecule has 0 aromatic carbocycles. The molecule has 5 N–H and O–H groups in total. The highest BCUT2D eigenvalue weighted by atomic mass is 32.2.